The molecule has 1 atom stereocenters. The number of halogens is 1. The minimum atomic E-state index is -3.75. The lowest BCUT2D eigenvalue weighted by molar-refractivity contribution is -0.122. The van der Waals surface area contributed by atoms with Crippen molar-refractivity contribution in [1.29, 1.82) is 0 Å². The van der Waals surface area contributed by atoms with Crippen LogP contribution >= 0.6 is 0 Å². The van der Waals surface area contributed by atoms with Gasteiger partial charge in [-0.05, 0) is 61.7 Å². The number of carbonyl (C=O) groups excluding carboxylic acids is 1. The lowest BCUT2D eigenvalue weighted by Crippen LogP contribution is -2.50. The highest BCUT2D eigenvalue weighted by atomic mass is 32.2. The molecular formula is C21H27FN2O4S. The highest BCUT2D eigenvalue weighted by molar-refractivity contribution is 7.92. The van der Waals surface area contributed by atoms with Crippen molar-refractivity contribution in [2.75, 3.05) is 23.7 Å². The monoisotopic (exact) mass is 422 g/mol. The summed E-state index contributed by atoms with van der Waals surface area (Å²) in [6.45, 7) is 6.15. The molecule has 8 heteroatoms. The van der Waals surface area contributed by atoms with Crippen molar-refractivity contribution in [2.24, 2.45) is 0 Å². The molecule has 6 nitrogen and oxygen atoms in total. The number of nitrogens with zero attached hydrogens (tertiary/aromatic N) is 1. The lowest BCUT2D eigenvalue weighted by Gasteiger charge is -2.30. The van der Waals surface area contributed by atoms with E-state index in [0.29, 0.717) is 0 Å². The first-order valence-corrected chi connectivity index (χ1v) is 11.2. The molecule has 0 radical (unpaired) electrons. The van der Waals surface area contributed by atoms with Crippen LogP contribution in [0.3, 0.4) is 0 Å². The summed E-state index contributed by atoms with van der Waals surface area (Å²) in [6.07, 6.45) is 1.28. The smallest absolute Gasteiger partial charge is 0.244 e. The zero-order chi connectivity index (χ0) is 21.6. The van der Waals surface area contributed by atoms with Crippen LogP contribution < -0.4 is 14.4 Å². The molecule has 0 spiro atoms. The third-order valence-electron chi connectivity index (χ3n) is 4.62. The van der Waals surface area contributed by atoms with Gasteiger partial charge in [-0.25, -0.2) is 12.8 Å². The standard InChI is InChI=1S/C21H27FN2O4S/c1-5-19(24(29(4,26)27)18-11-9-17(22)10-12-18)21(25)23-13-14-28-20-8-6-7-15(2)16(20)3/h6-12,19H,5,13-14H2,1-4H3,(H,23,25). The summed E-state index contributed by atoms with van der Waals surface area (Å²) in [5.41, 5.74) is 2.38. The molecule has 0 fully saturated rings. The van der Waals surface area contributed by atoms with Crippen molar-refractivity contribution >= 4 is 21.6 Å². The van der Waals surface area contributed by atoms with Crippen molar-refractivity contribution in [1.82, 2.24) is 5.32 Å². The van der Waals surface area contributed by atoms with Gasteiger partial charge in [-0.3, -0.25) is 9.10 Å². The van der Waals surface area contributed by atoms with E-state index in [9.17, 15) is 17.6 Å². The molecule has 2 aromatic carbocycles. The van der Waals surface area contributed by atoms with Gasteiger partial charge in [0.05, 0.1) is 18.5 Å². The summed E-state index contributed by atoms with van der Waals surface area (Å²) >= 11 is 0. The van der Waals surface area contributed by atoms with Crippen LogP contribution in [0.5, 0.6) is 5.75 Å². The number of anilines is 1. The number of ether oxygens (including phenoxy) is 1. The van der Waals surface area contributed by atoms with Gasteiger partial charge in [0.25, 0.3) is 0 Å². The highest BCUT2D eigenvalue weighted by Gasteiger charge is 2.31. The van der Waals surface area contributed by atoms with E-state index in [4.69, 9.17) is 4.74 Å². The van der Waals surface area contributed by atoms with Crippen molar-refractivity contribution < 1.29 is 22.3 Å². The quantitative estimate of drug-likeness (QED) is 0.630. The molecule has 0 aliphatic rings. The molecule has 0 heterocycles. The number of hydrogen-bond acceptors (Lipinski definition) is 4. The molecule has 0 saturated heterocycles. The fraction of sp³-hybridized carbons (Fsp3) is 0.381. The fourth-order valence-electron chi connectivity index (χ4n) is 2.98. The maximum absolute atomic E-state index is 13.2. The van der Waals surface area contributed by atoms with Gasteiger partial charge in [0.2, 0.25) is 15.9 Å². The number of sulfonamides is 1. The molecule has 2 rings (SSSR count). The van der Waals surface area contributed by atoms with Crippen LogP contribution in [0, 0.1) is 19.7 Å². The number of rotatable bonds is 9. The second-order valence-electron chi connectivity index (χ2n) is 6.80. The highest BCUT2D eigenvalue weighted by Crippen LogP contribution is 2.23. The van der Waals surface area contributed by atoms with Gasteiger partial charge >= 0.3 is 0 Å². The van der Waals surface area contributed by atoms with Crippen LogP contribution in [-0.2, 0) is 14.8 Å². The van der Waals surface area contributed by atoms with Crippen LogP contribution in [0.1, 0.15) is 24.5 Å². The topological polar surface area (TPSA) is 75.7 Å². The van der Waals surface area contributed by atoms with Crippen LogP contribution in [0.2, 0.25) is 0 Å². The van der Waals surface area contributed by atoms with Gasteiger partial charge in [-0.2, -0.15) is 0 Å². The number of hydrogen-bond donors (Lipinski definition) is 1. The maximum atomic E-state index is 13.2. The summed E-state index contributed by atoms with van der Waals surface area (Å²) in [7, 11) is -3.75. The first-order valence-electron chi connectivity index (χ1n) is 9.36. The predicted molar refractivity (Wildman–Crippen MR) is 112 cm³/mol. The van der Waals surface area contributed by atoms with Crippen LogP contribution in [0.15, 0.2) is 42.5 Å². The van der Waals surface area contributed by atoms with E-state index in [1.54, 1.807) is 6.92 Å². The molecule has 0 aromatic heterocycles. The Balaban J connectivity index is 2.05. The molecule has 2 aromatic rings. The van der Waals surface area contributed by atoms with E-state index in [1.165, 1.54) is 12.1 Å². The number of aryl methyl sites for hydroxylation is 1. The molecule has 0 aliphatic carbocycles. The van der Waals surface area contributed by atoms with Crippen LogP contribution in [0.25, 0.3) is 0 Å². The lowest BCUT2D eigenvalue weighted by atomic mass is 10.1. The Morgan fingerprint density at radius 2 is 1.83 bits per heavy atom. The van der Waals surface area contributed by atoms with Crippen molar-refractivity contribution in [3.63, 3.8) is 0 Å². The molecule has 29 heavy (non-hydrogen) atoms. The Bertz CT molecular complexity index is 946. The third-order valence-corrected chi connectivity index (χ3v) is 5.80. The van der Waals surface area contributed by atoms with E-state index >= 15 is 0 Å². The molecule has 1 unspecified atom stereocenters. The predicted octanol–water partition coefficient (Wildman–Crippen LogP) is 3.18. The van der Waals surface area contributed by atoms with Gasteiger partial charge in [0, 0.05) is 0 Å². The summed E-state index contributed by atoms with van der Waals surface area (Å²) in [6, 6.07) is 9.81. The van der Waals surface area contributed by atoms with Gasteiger partial charge < -0.3 is 10.1 Å². The first kappa shape index (κ1) is 22.7. The van der Waals surface area contributed by atoms with Crippen molar-refractivity contribution in [3.05, 3.63) is 59.4 Å². The maximum Gasteiger partial charge on any atom is 0.244 e. The molecule has 158 valence electrons. The molecule has 0 bridgehead atoms. The summed E-state index contributed by atoms with van der Waals surface area (Å²) in [5.74, 6) is -0.175. The molecular weight excluding hydrogens is 395 g/mol. The van der Waals surface area contributed by atoms with E-state index < -0.39 is 27.8 Å². The summed E-state index contributed by atoms with van der Waals surface area (Å²) in [5, 5.41) is 2.73. The van der Waals surface area contributed by atoms with Crippen molar-refractivity contribution in [2.45, 2.75) is 33.2 Å². The largest absolute Gasteiger partial charge is 0.491 e. The van der Waals surface area contributed by atoms with E-state index in [0.717, 1.165) is 39.6 Å². The molecule has 1 amide bonds. The average Bonchev–Trinajstić information content (AvgIpc) is 2.66. The van der Waals surface area contributed by atoms with Crippen LogP contribution in [0.4, 0.5) is 10.1 Å². The third kappa shape index (κ3) is 5.93. The van der Waals surface area contributed by atoms with Gasteiger partial charge in [-0.1, -0.05) is 19.1 Å². The van der Waals surface area contributed by atoms with E-state index in [1.807, 2.05) is 32.0 Å². The normalized spacial score (nSPS) is 12.3. The molecule has 0 saturated carbocycles. The SMILES string of the molecule is CCC(C(=O)NCCOc1cccc(C)c1C)N(c1ccc(F)cc1)S(C)(=O)=O. The van der Waals surface area contributed by atoms with Crippen LogP contribution in [-0.4, -0.2) is 39.8 Å². The fourth-order valence-corrected chi connectivity index (χ4v) is 4.19. The summed E-state index contributed by atoms with van der Waals surface area (Å²) < 4.78 is 44.6. The van der Waals surface area contributed by atoms with Gasteiger partial charge in [-0.15, -0.1) is 0 Å². The Morgan fingerprint density at radius 3 is 2.41 bits per heavy atom. The number of nitrogens with one attached hydrogen (secondary N) is 1. The number of benzene rings is 2. The van der Waals surface area contributed by atoms with Gasteiger partial charge in [0.1, 0.15) is 24.2 Å². The minimum absolute atomic E-state index is 0.226. The minimum Gasteiger partial charge on any atom is -0.491 e. The second kappa shape index (κ2) is 9.73. The Hall–Kier alpha value is -2.61. The zero-order valence-corrected chi connectivity index (χ0v) is 17.9. The second-order valence-corrected chi connectivity index (χ2v) is 8.66. The number of amides is 1. The Kier molecular flexibility index (Phi) is 7.61. The van der Waals surface area contributed by atoms with E-state index in [2.05, 4.69) is 5.32 Å². The Labute approximate surface area is 171 Å². The average molecular weight is 423 g/mol. The van der Waals surface area contributed by atoms with Crippen molar-refractivity contribution in [3.8, 4) is 5.75 Å². The number of carbonyl (C=O) groups is 1. The summed E-state index contributed by atoms with van der Waals surface area (Å²) in [4.78, 5) is 12.7. The first-order chi connectivity index (χ1) is 13.6. The Morgan fingerprint density at radius 1 is 1.17 bits per heavy atom. The molecule has 1 N–H and O–H groups in total. The van der Waals surface area contributed by atoms with E-state index in [-0.39, 0.29) is 25.3 Å². The molecule has 0 aliphatic heterocycles. The van der Waals surface area contributed by atoms with Gasteiger partial charge in [0.15, 0.2) is 0 Å². The zero-order valence-electron chi connectivity index (χ0n) is 17.1.